The van der Waals surface area contributed by atoms with Crippen LogP contribution in [0, 0.1) is 5.82 Å². The van der Waals surface area contributed by atoms with Crippen LogP contribution in [0.3, 0.4) is 0 Å². The first kappa shape index (κ1) is 11.5. The summed E-state index contributed by atoms with van der Waals surface area (Å²) in [5.41, 5.74) is 6.11. The zero-order valence-corrected chi connectivity index (χ0v) is 8.51. The third-order valence-electron chi connectivity index (χ3n) is 1.75. The number of carbonyl (C=O) groups excluding carboxylic acids is 1. The topological polar surface area (TPSA) is 67.2 Å². The van der Waals surface area contributed by atoms with Crippen molar-refractivity contribution in [3.63, 3.8) is 0 Å². The quantitative estimate of drug-likeness (QED) is 0.700. The summed E-state index contributed by atoms with van der Waals surface area (Å²) in [5.74, 6) is -0.633. The van der Waals surface area contributed by atoms with Gasteiger partial charge in [0.2, 0.25) is 5.91 Å². The fourth-order valence-corrected chi connectivity index (χ4v) is 1.15. The van der Waals surface area contributed by atoms with Crippen molar-refractivity contribution in [3.05, 3.63) is 24.0 Å². The maximum absolute atomic E-state index is 13.4. The predicted molar refractivity (Wildman–Crippen MR) is 58.2 cm³/mol. The number of rotatable bonds is 4. The van der Waals surface area contributed by atoms with Crippen molar-refractivity contribution in [1.82, 2.24) is 0 Å². The Morgan fingerprint density at radius 3 is 2.80 bits per heavy atom. The fourth-order valence-electron chi connectivity index (χ4n) is 1.15. The Hall–Kier alpha value is -1.62. The minimum Gasteiger partial charge on any atom is -0.381 e. The van der Waals surface area contributed by atoms with Crippen molar-refractivity contribution in [1.29, 1.82) is 0 Å². The molecule has 1 rings (SSSR count). The summed E-state index contributed by atoms with van der Waals surface area (Å²) >= 11 is 0. The van der Waals surface area contributed by atoms with Crippen LogP contribution in [0.25, 0.3) is 0 Å². The van der Waals surface area contributed by atoms with E-state index in [4.69, 9.17) is 5.73 Å². The molecule has 1 aromatic rings. The van der Waals surface area contributed by atoms with Gasteiger partial charge in [-0.15, -0.1) is 0 Å². The molecule has 4 nitrogen and oxygen atoms in total. The van der Waals surface area contributed by atoms with Gasteiger partial charge in [0.15, 0.2) is 0 Å². The maximum Gasteiger partial charge on any atom is 0.221 e. The number of benzene rings is 1. The lowest BCUT2D eigenvalue weighted by Crippen LogP contribution is -2.14. The molecule has 4 N–H and O–H groups in total. The van der Waals surface area contributed by atoms with Crippen LogP contribution in [0.15, 0.2) is 18.2 Å². The summed E-state index contributed by atoms with van der Waals surface area (Å²) in [4.78, 5) is 10.7. The monoisotopic (exact) mass is 211 g/mol. The van der Waals surface area contributed by atoms with Gasteiger partial charge in [0, 0.05) is 25.7 Å². The highest BCUT2D eigenvalue weighted by atomic mass is 19.1. The van der Waals surface area contributed by atoms with Crippen molar-refractivity contribution < 1.29 is 9.18 Å². The minimum atomic E-state index is -0.408. The first-order valence-corrected chi connectivity index (χ1v) is 4.64. The zero-order chi connectivity index (χ0) is 11.3. The van der Waals surface area contributed by atoms with E-state index in [0.29, 0.717) is 24.5 Å². The van der Waals surface area contributed by atoms with Crippen LogP contribution >= 0.6 is 0 Å². The number of anilines is 2. The molecule has 0 saturated heterocycles. The van der Waals surface area contributed by atoms with Crippen LogP contribution in [0.2, 0.25) is 0 Å². The van der Waals surface area contributed by atoms with Crippen LogP contribution < -0.4 is 16.4 Å². The maximum atomic E-state index is 13.4. The molecule has 0 aromatic heterocycles. The van der Waals surface area contributed by atoms with E-state index in [1.165, 1.54) is 13.0 Å². The number of amides is 1. The summed E-state index contributed by atoms with van der Waals surface area (Å²) < 4.78 is 13.4. The highest BCUT2D eigenvalue weighted by Crippen LogP contribution is 2.18. The van der Waals surface area contributed by atoms with Crippen LogP contribution in [0.1, 0.15) is 6.92 Å². The van der Waals surface area contributed by atoms with E-state index in [-0.39, 0.29) is 5.91 Å². The van der Waals surface area contributed by atoms with Gasteiger partial charge in [0.05, 0.1) is 5.69 Å². The summed E-state index contributed by atoms with van der Waals surface area (Å²) in [6.45, 7) is 2.32. The van der Waals surface area contributed by atoms with Gasteiger partial charge in [-0.25, -0.2) is 4.39 Å². The van der Waals surface area contributed by atoms with E-state index < -0.39 is 5.82 Å². The Balaban J connectivity index is 2.74. The van der Waals surface area contributed by atoms with E-state index in [1.807, 2.05) is 0 Å². The number of hydrogen-bond acceptors (Lipinski definition) is 3. The molecule has 0 atom stereocenters. The highest BCUT2D eigenvalue weighted by Gasteiger charge is 2.03. The lowest BCUT2D eigenvalue weighted by atomic mass is 10.2. The van der Waals surface area contributed by atoms with Crippen molar-refractivity contribution in [2.45, 2.75) is 6.92 Å². The molecule has 0 heterocycles. The highest BCUT2D eigenvalue weighted by molar-refractivity contribution is 5.88. The Labute approximate surface area is 87.7 Å². The third-order valence-corrected chi connectivity index (χ3v) is 1.75. The van der Waals surface area contributed by atoms with E-state index in [0.717, 1.165) is 0 Å². The van der Waals surface area contributed by atoms with E-state index in [9.17, 15) is 9.18 Å². The van der Waals surface area contributed by atoms with E-state index >= 15 is 0 Å². The molecule has 0 aliphatic carbocycles. The predicted octanol–water partition coefficient (Wildman–Crippen LogP) is 1.15. The molecular formula is C10H14FN3O. The molecular weight excluding hydrogens is 197 g/mol. The molecule has 0 aliphatic heterocycles. The molecule has 1 amide bonds. The van der Waals surface area contributed by atoms with Crippen molar-refractivity contribution in [3.8, 4) is 0 Å². The SMILES string of the molecule is CC(=O)Nc1ccc(NCCN)c(F)c1. The molecule has 15 heavy (non-hydrogen) atoms. The first-order chi connectivity index (χ1) is 7.13. The number of hydrogen-bond donors (Lipinski definition) is 3. The summed E-state index contributed by atoms with van der Waals surface area (Å²) in [6, 6.07) is 4.46. The molecule has 0 bridgehead atoms. The third kappa shape index (κ3) is 3.55. The van der Waals surface area contributed by atoms with Crippen molar-refractivity contribution >= 4 is 17.3 Å². The summed E-state index contributed by atoms with van der Waals surface area (Å²) in [5, 5.41) is 5.33. The molecule has 82 valence electrons. The number of nitrogens with two attached hydrogens (primary N) is 1. The van der Waals surface area contributed by atoms with E-state index in [1.54, 1.807) is 12.1 Å². The van der Waals surface area contributed by atoms with Crippen LogP contribution in [0.5, 0.6) is 0 Å². The Bertz CT molecular complexity index is 355. The summed E-state index contributed by atoms with van der Waals surface area (Å²) in [7, 11) is 0. The first-order valence-electron chi connectivity index (χ1n) is 4.64. The summed E-state index contributed by atoms with van der Waals surface area (Å²) in [6.07, 6.45) is 0. The second-order valence-corrected chi connectivity index (χ2v) is 3.09. The second kappa shape index (κ2) is 5.31. The van der Waals surface area contributed by atoms with Crippen molar-refractivity contribution in [2.24, 2.45) is 5.73 Å². The largest absolute Gasteiger partial charge is 0.381 e. The Morgan fingerprint density at radius 1 is 1.53 bits per heavy atom. The van der Waals surface area contributed by atoms with Crippen molar-refractivity contribution in [2.75, 3.05) is 23.7 Å². The molecule has 0 fully saturated rings. The molecule has 0 saturated carbocycles. The lowest BCUT2D eigenvalue weighted by molar-refractivity contribution is -0.114. The van der Waals surface area contributed by atoms with Crippen LogP contribution in [-0.4, -0.2) is 19.0 Å². The van der Waals surface area contributed by atoms with Gasteiger partial charge in [-0.3, -0.25) is 4.79 Å². The number of halogens is 1. The van der Waals surface area contributed by atoms with E-state index in [2.05, 4.69) is 10.6 Å². The standard InChI is InChI=1S/C10H14FN3O/c1-7(15)14-8-2-3-10(9(11)6-8)13-5-4-12/h2-3,6,13H,4-5,12H2,1H3,(H,14,15). The molecule has 0 spiro atoms. The molecule has 0 unspecified atom stereocenters. The Morgan fingerprint density at radius 2 is 2.27 bits per heavy atom. The van der Waals surface area contributed by atoms with Crippen LogP contribution in [0.4, 0.5) is 15.8 Å². The average Bonchev–Trinajstić information content (AvgIpc) is 2.15. The van der Waals surface area contributed by atoms with Crippen LogP contribution in [-0.2, 0) is 4.79 Å². The molecule has 1 aromatic carbocycles. The van der Waals surface area contributed by atoms with Gasteiger partial charge >= 0.3 is 0 Å². The lowest BCUT2D eigenvalue weighted by Gasteiger charge is -2.08. The second-order valence-electron chi connectivity index (χ2n) is 3.09. The number of nitrogens with one attached hydrogen (secondary N) is 2. The van der Waals surface area contributed by atoms with Gasteiger partial charge < -0.3 is 16.4 Å². The minimum absolute atomic E-state index is 0.225. The zero-order valence-electron chi connectivity index (χ0n) is 8.51. The molecule has 0 aliphatic rings. The van der Waals surface area contributed by atoms with Gasteiger partial charge in [0.1, 0.15) is 5.82 Å². The molecule has 0 radical (unpaired) electrons. The van der Waals surface area contributed by atoms with Gasteiger partial charge in [-0.2, -0.15) is 0 Å². The fraction of sp³-hybridized carbons (Fsp3) is 0.300. The number of carbonyl (C=O) groups is 1. The smallest absolute Gasteiger partial charge is 0.221 e. The van der Waals surface area contributed by atoms with Gasteiger partial charge in [-0.05, 0) is 18.2 Å². The Kier molecular flexibility index (Phi) is 4.05. The van der Waals surface area contributed by atoms with Gasteiger partial charge in [-0.1, -0.05) is 0 Å². The average molecular weight is 211 g/mol. The van der Waals surface area contributed by atoms with Gasteiger partial charge in [0.25, 0.3) is 0 Å². The normalized spacial score (nSPS) is 9.80. The molecule has 5 heteroatoms.